The highest BCUT2D eigenvalue weighted by Crippen LogP contribution is 2.30. The third-order valence-electron chi connectivity index (χ3n) is 1.60. The van der Waals surface area contributed by atoms with Gasteiger partial charge >= 0.3 is 5.13 Å². The summed E-state index contributed by atoms with van der Waals surface area (Å²) in [6.07, 6.45) is 0. The fourth-order valence-corrected chi connectivity index (χ4v) is 1.85. The van der Waals surface area contributed by atoms with E-state index in [0.717, 1.165) is 16.0 Å². The molecule has 13 heavy (non-hydrogen) atoms. The fraction of sp³-hybridized carbons (Fsp3) is 0. The van der Waals surface area contributed by atoms with Crippen LogP contribution in [0.1, 0.15) is 0 Å². The highest BCUT2D eigenvalue weighted by Gasteiger charge is 2.16. The van der Waals surface area contributed by atoms with E-state index in [4.69, 9.17) is 5.73 Å². The second-order valence-electron chi connectivity index (χ2n) is 2.45. The number of anilines is 1. The van der Waals surface area contributed by atoms with Crippen LogP contribution in [0, 0.1) is 10.1 Å². The van der Waals surface area contributed by atoms with Crippen molar-refractivity contribution < 1.29 is 4.92 Å². The number of nitrogens with two attached hydrogens (primary N) is 1. The van der Waals surface area contributed by atoms with Crippen molar-refractivity contribution >= 4 is 32.4 Å². The molecule has 6 heteroatoms. The van der Waals surface area contributed by atoms with Crippen molar-refractivity contribution in [2.45, 2.75) is 0 Å². The first-order chi connectivity index (χ1) is 6.18. The molecule has 1 aromatic carbocycles. The summed E-state index contributed by atoms with van der Waals surface area (Å²) >= 11 is 1.03. The van der Waals surface area contributed by atoms with Crippen molar-refractivity contribution in [3.05, 3.63) is 28.3 Å². The monoisotopic (exact) mass is 195 g/mol. The van der Waals surface area contributed by atoms with Crippen LogP contribution in [0.5, 0.6) is 0 Å². The molecule has 2 rings (SSSR count). The Kier molecular flexibility index (Phi) is 1.63. The van der Waals surface area contributed by atoms with Crippen molar-refractivity contribution in [1.82, 2.24) is 4.98 Å². The number of nitrogen functional groups attached to an aromatic ring is 1. The molecule has 1 aromatic heterocycles. The summed E-state index contributed by atoms with van der Waals surface area (Å²) in [6.45, 7) is 0. The van der Waals surface area contributed by atoms with E-state index in [-0.39, 0.29) is 5.13 Å². The normalized spacial score (nSPS) is 10.5. The maximum absolute atomic E-state index is 10.4. The van der Waals surface area contributed by atoms with E-state index >= 15 is 0 Å². The van der Waals surface area contributed by atoms with Crippen LogP contribution in [0.15, 0.2) is 18.2 Å². The Morgan fingerprint density at radius 3 is 2.92 bits per heavy atom. The standard InChI is InChI=1S/C7H5N3O2S/c8-4-2-1-3-5-6(4)9-7(13-5)10(11)12/h1-3H,8H2. The van der Waals surface area contributed by atoms with Gasteiger partial charge in [0.1, 0.15) is 0 Å². The van der Waals surface area contributed by atoms with E-state index in [0.29, 0.717) is 11.2 Å². The summed E-state index contributed by atoms with van der Waals surface area (Å²) in [5, 5.41) is 10.3. The second kappa shape index (κ2) is 2.67. The van der Waals surface area contributed by atoms with Crippen LogP contribution >= 0.6 is 11.3 Å². The number of nitrogens with zero attached hydrogens (tertiary/aromatic N) is 2. The van der Waals surface area contributed by atoms with E-state index in [2.05, 4.69) is 4.98 Å². The summed E-state index contributed by atoms with van der Waals surface area (Å²) in [6, 6.07) is 5.18. The zero-order valence-corrected chi connectivity index (χ0v) is 7.25. The molecular formula is C7H5N3O2S. The zero-order valence-electron chi connectivity index (χ0n) is 6.43. The molecule has 0 spiro atoms. The van der Waals surface area contributed by atoms with Crippen molar-refractivity contribution in [2.24, 2.45) is 0 Å². The Morgan fingerprint density at radius 2 is 2.31 bits per heavy atom. The highest BCUT2D eigenvalue weighted by molar-refractivity contribution is 7.21. The molecule has 2 N–H and O–H groups in total. The lowest BCUT2D eigenvalue weighted by Gasteiger charge is -1.86. The van der Waals surface area contributed by atoms with Gasteiger partial charge in [-0.1, -0.05) is 6.07 Å². The number of hydrogen-bond donors (Lipinski definition) is 1. The van der Waals surface area contributed by atoms with Crippen molar-refractivity contribution in [3.8, 4) is 0 Å². The summed E-state index contributed by atoms with van der Waals surface area (Å²) in [5.74, 6) is 0. The van der Waals surface area contributed by atoms with Gasteiger partial charge in [0.05, 0.1) is 10.4 Å². The lowest BCUT2D eigenvalue weighted by atomic mass is 10.3. The molecule has 66 valence electrons. The number of fused-ring (bicyclic) bond motifs is 1. The van der Waals surface area contributed by atoms with E-state index in [1.54, 1.807) is 18.2 Å². The molecule has 0 amide bonds. The first-order valence-corrected chi connectivity index (χ1v) is 4.29. The maximum atomic E-state index is 10.4. The quantitative estimate of drug-likeness (QED) is 0.427. The smallest absolute Gasteiger partial charge is 0.395 e. The molecule has 0 saturated carbocycles. The van der Waals surface area contributed by atoms with Crippen LogP contribution in [-0.2, 0) is 0 Å². The number of nitro groups is 1. The van der Waals surface area contributed by atoms with Gasteiger partial charge in [0.25, 0.3) is 0 Å². The minimum absolute atomic E-state index is 0.118. The van der Waals surface area contributed by atoms with Crippen LogP contribution in [0.3, 0.4) is 0 Å². The zero-order chi connectivity index (χ0) is 9.42. The number of thiazole rings is 1. The first kappa shape index (κ1) is 7.93. The average Bonchev–Trinajstić information content (AvgIpc) is 2.49. The maximum Gasteiger partial charge on any atom is 0.424 e. The number of aromatic nitrogens is 1. The molecule has 0 aliphatic rings. The SMILES string of the molecule is Nc1cccc2sc([N+](=O)[O-])nc12. The molecule has 1 heterocycles. The molecule has 2 aromatic rings. The third kappa shape index (κ3) is 1.20. The number of para-hydroxylation sites is 1. The van der Waals surface area contributed by atoms with E-state index in [1.165, 1.54) is 0 Å². The largest absolute Gasteiger partial charge is 0.424 e. The molecule has 0 fully saturated rings. The van der Waals surface area contributed by atoms with Crippen LogP contribution in [0.2, 0.25) is 0 Å². The van der Waals surface area contributed by atoms with E-state index in [1.807, 2.05) is 0 Å². The Bertz CT molecular complexity index is 480. The van der Waals surface area contributed by atoms with Gasteiger partial charge in [-0.05, 0) is 33.4 Å². The third-order valence-corrected chi connectivity index (χ3v) is 2.57. The molecular weight excluding hydrogens is 190 g/mol. The van der Waals surface area contributed by atoms with Gasteiger partial charge in [-0.15, -0.1) is 0 Å². The molecule has 0 bridgehead atoms. The molecule has 0 radical (unpaired) electrons. The summed E-state index contributed by atoms with van der Waals surface area (Å²) in [7, 11) is 0. The number of rotatable bonds is 1. The van der Waals surface area contributed by atoms with Crippen molar-refractivity contribution in [2.75, 3.05) is 5.73 Å². The van der Waals surface area contributed by atoms with Gasteiger partial charge in [-0.3, -0.25) is 0 Å². The second-order valence-corrected chi connectivity index (χ2v) is 3.46. The molecule has 0 aliphatic carbocycles. The van der Waals surface area contributed by atoms with Crippen LogP contribution in [0.25, 0.3) is 10.2 Å². The van der Waals surface area contributed by atoms with E-state index < -0.39 is 4.92 Å². The van der Waals surface area contributed by atoms with Crippen LogP contribution in [0.4, 0.5) is 10.8 Å². The average molecular weight is 195 g/mol. The number of hydrogen-bond acceptors (Lipinski definition) is 5. The topological polar surface area (TPSA) is 82.0 Å². The van der Waals surface area contributed by atoms with Crippen LogP contribution < -0.4 is 5.73 Å². The molecule has 0 atom stereocenters. The van der Waals surface area contributed by atoms with Crippen molar-refractivity contribution in [3.63, 3.8) is 0 Å². The van der Waals surface area contributed by atoms with Gasteiger partial charge in [0.2, 0.25) is 5.52 Å². The van der Waals surface area contributed by atoms with Gasteiger partial charge < -0.3 is 15.8 Å². The molecule has 0 saturated heterocycles. The highest BCUT2D eigenvalue weighted by atomic mass is 32.1. The Balaban J connectivity index is 2.75. The summed E-state index contributed by atoms with van der Waals surface area (Å²) in [4.78, 5) is 13.7. The fourth-order valence-electron chi connectivity index (χ4n) is 1.04. The number of benzene rings is 1. The minimum Gasteiger partial charge on any atom is -0.395 e. The minimum atomic E-state index is -0.510. The Morgan fingerprint density at radius 1 is 1.54 bits per heavy atom. The summed E-state index contributed by atoms with van der Waals surface area (Å²) < 4.78 is 0.742. The lowest BCUT2D eigenvalue weighted by Crippen LogP contribution is -1.87. The molecule has 0 aliphatic heterocycles. The Hall–Kier alpha value is -1.69. The van der Waals surface area contributed by atoms with Crippen LogP contribution in [-0.4, -0.2) is 9.91 Å². The predicted octanol–water partition coefficient (Wildman–Crippen LogP) is 1.79. The van der Waals surface area contributed by atoms with Gasteiger partial charge in [0.15, 0.2) is 0 Å². The van der Waals surface area contributed by atoms with Gasteiger partial charge in [-0.2, -0.15) is 0 Å². The van der Waals surface area contributed by atoms with E-state index in [9.17, 15) is 10.1 Å². The lowest BCUT2D eigenvalue weighted by molar-refractivity contribution is -0.384. The predicted molar refractivity (Wildman–Crippen MR) is 50.7 cm³/mol. The molecule has 5 nitrogen and oxygen atoms in total. The van der Waals surface area contributed by atoms with Gasteiger partial charge in [-0.25, -0.2) is 0 Å². The van der Waals surface area contributed by atoms with Crippen molar-refractivity contribution in [1.29, 1.82) is 0 Å². The first-order valence-electron chi connectivity index (χ1n) is 3.48. The summed E-state index contributed by atoms with van der Waals surface area (Å²) in [5.41, 5.74) is 6.58. The Labute approximate surface area is 77.0 Å². The van der Waals surface area contributed by atoms with Gasteiger partial charge in [0, 0.05) is 0 Å². The molecule has 0 unspecified atom stereocenters.